The summed E-state index contributed by atoms with van der Waals surface area (Å²) in [6, 6.07) is 20.8. The molecule has 0 atom stereocenters. The third kappa shape index (κ3) is 5.20. The number of benzene rings is 2. The molecule has 2 aromatic carbocycles. The van der Waals surface area contributed by atoms with E-state index in [9.17, 15) is 4.79 Å². The molecule has 28 heavy (non-hydrogen) atoms. The third-order valence-corrected chi connectivity index (χ3v) is 4.00. The fourth-order valence-electron chi connectivity index (χ4n) is 2.59. The van der Waals surface area contributed by atoms with Gasteiger partial charge in [-0.05, 0) is 29.8 Å². The van der Waals surface area contributed by atoms with E-state index in [2.05, 4.69) is 27.6 Å². The number of nitrogens with one attached hydrogen (secondary N) is 1. The zero-order chi connectivity index (χ0) is 19.8. The number of amides is 1. The van der Waals surface area contributed by atoms with Gasteiger partial charge in [0.2, 0.25) is 0 Å². The first-order valence-electron chi connectivity index (χ1n) is 8.80. The maximum absolute atomic E-state index is 12.1. The molecule has 1 aromatic heterocycles. The van der Waals surface area contributed by atoms with Crippen molar-refractivity contribution in [1.29, 1.82) is 0 Å². The largest absolute Gasteiger partial charge is 0.493 e. The zero-order valence-corrected chi connectivity index (χ0v) is 15.8. The highest BCUT2D eigenvalue weighted by Crippen LogP contribution is 2.25. The van der Waals surface area contributed by atoms with Crippen molar-refractivity contribution in [2.45, 2.75) is 6.54 Å². The van der Waals surface area contributed by atoms with Crippen LogP contribution in [0.15, 0.2) is 66.7 Å². The van der Waals surface area contributed by atoms with E-state index < -0.39 is 0 Å². The number of anilines is 2. The Kier molecular flexibility index (Phi) is 6.41. The van der Waals surface area contributed by atoms with Crippen LogP contribution in [0.1, 0.15) is 5.56 Å². The Labute approximate surface area is 163 Å². The summed E-state index contributed by atoms with van der Waals surface area (Å²) in [6.07, 6.45) is 0. The lowest BCUT2D eigenvalue weighted by Crippen LogP contribution is -2.22. The molecule has 0 unspecified atom stereocenters. The lowest BCUT2D eigenvalue weighted by molar-refractivity contribution is -0.118. The van der Waals surface area contributed by atoms with E-state index in [1.165, 1.54) is 5.56 Å². The molecule has 0 aliphatic rings. The molecule has 0 saturated carbocycles. The highest BCUT2D eigenvalue weighted by molar-refractivity contribution is 5.90. The van der Waals surface area contributed by atoms with Crippen molar-refractivity contribution in [2.24, 2.45) is 0 Å². The minimum atomic E-state index is -0.328. The van der Waals surface area contributed by atoms with Gasteiger partial charge in [-0.3, -0.25) is 4.79 Å². The van der Waals surface area contributed by atoms with Crippen molar-refractivity contribution >= 4 is 17.5 Å². The molecule has 0 aliphatic carbocycles. The molecular weight excluding hydrogens is 356 g/mol. The highest BCUT2D eigenvalue weighted by Gasteiger charge is 2.09. The molecule has 144 valence electrons. The number of aromatic nitrogens is 2. The molecule has 0 radical (unpaired) electrons. The van der Waals surface area contributed by atoms with Gasteiger partial charge >= 0.3 is 0 Å². The fraction of sp³-hybridized carbons (Fsp3) is 0.190. The van der Waals surface area contributed by atoms with E-state index >= 15 is 0 Å². The number of methoxy groups -OCH3 is 1. The quantitative estimate of drug-likeness (QED) is 0.649. The summed E-state index contributed by atoms with van der Waals surface area (Å²) in [7, 11) is 3.49. The Bertz CT molecular complexity index is 901. The number of hydrogen-bond acceptors (Lipinski definition) is 6. The number of carbonyl (C=O) groups is 1. The monoisotopic (exact) mass is 378 g/mol. The third-order valence-electron chi connectivity index (χ3n) is 4.00. The van der Waals surface area contributed by atoms with Crippen LogP contribution in [0.25, 0.3) is 0 Å². The molecule has 0 spiro atoms. The summed E-state index contributed by atoms with van der Waals surface area (Å²) in [6.45, 7) is 0.561. The van der Waals surface area contributed by atoms with Crippen molar-refractivity contribution in [3.63, 3.8) is 0 Å². The van der Waals surface area contributed by atoms with Gasteiger partial charge in [0, 0.05) is 13.6 Å². The molecule has 7 nitrogen and oxygen atoms in total. The first-order chi connectivity index (χ1) is 13.7. The summed E-state index contributed by atoms with van der Waals surface area (Å²) in [5.74, 6) is 1.83. The van der Waals surface area contributed by atoms with E-state index in [4.69, 9.17) is 9.47 Å². The van der Waals surface area contributed by atoms with Gasteiger partial charge in [-0.1, -0.05) is 42.5 Å². The lowest BCUT2D eigenvalue weighted by atomic mass is 10.2. The number of hydrogen-bond donors (Lipinski definition) is 1. The maximum Gasteiger partial charge on any atom is 0.263 e. The normalized spacial score (nSPS) is 10.2. The Hall–Kier alpha value is -3.61. The summed E-state index contributed by atoms with van der Waals surface area (Å²) in [5.41, 5.74) is 1.18. The average Bonchev–Trinajstić information content (AvgIpc) is 2.73. The molecule has 1 N–H and O–H groups in total. The van der Waals surface area contributed by atoms with Crippen molar-refractivity contribution in [3.05, 3.63) is 72.3 Å². The second-order valence-electron chi connectivity index (χ2n) is 6.11. The van der Waals surface area contributed by atoms with Gasteiger partial charge in [0.15, 0.2) is 29.7 Å². The number of rotatable bonds is 8. The standard InChI is InChI=1S/C21H22N4O3/c1-25(14-16-8-4-3-5-9-16)20-13-12-19(23-24-20)22-21(26)15-28-18-11-7-6-10-17(18)27-2/h3-13H,14-15H2,1-2H3,(H,22,23,26). The zero-order valence-electron chi connectivity index (χ0n) is 15.8. The minimum absolute atomic E-state index is 0.155. The number of nitrogens with zero attached hydrogens (tertiary/aromatic N) is 3. The lowest BCUT2D eigenvalue weighted by Gasteiger charge is -2.17. The van der Waals surface area contributed by atoms with Crippen LogP contribution >= 0.6 is 0 Å². The first kappa shape index (κ1) is 19.2. The van der Waals surface area contributed by atoms with Crippen molar-refractivity contribution in [2.75, 3.05) is 31.0 Å². The van der Waals surface area contributed by atoms with Crippen LogP contribution in [-0.2, 0) is 11.3 Å². The van der Waals surface area contributed by atoms with Gasteiger partial charge in [0.25, 0.3) is 5.91 Å². The molecule has 3 rings (SSSR count). The number of carbonyl (C=O) groups excluding carboxylic acids is 1. The van der Waals surface area contributed by atoms with Crippen LogP contribution in [-0.4, -0.2) is 36.9 Å². The number of para-hydroxylation sites is 2. The Morgan fingerprint density at radius 3 is 2.36 bits per heavy atom. The van der Waals surface area contributed by atoms with Gasteiger partial charge in [0.05, 0.1) is 7.11 Å². The summed E-state index contributed by atoms with van der Waals surface area (Å²) < 4.78 is 10.7. The first-order valence-corrected chi connectivity index (χ1v) is 8.80. The molecule has 1 heterocycles. The summed E-state index contributed by atoms with van der Waals surface area (Å²) >= 11 is 0. The SMILES string of the molecule is COc1ccccc1OCC(=O)Nc1ccc(N(C)Cc2ccccc2)nn1. The van der Waals surface area contributed by atoms with Gasteiger partial charge < -0.3 is 19.7 Å². The van der Waals surface area contributed by atoms with Crippen molar-refractivity contribution in [1.82, 2.24) is 10.2 Å². The van der Waals surface area contributed by atoms with Crippen LogP contribution in [0.5, 0.6) is 11.5 Å². The molecule has 7 heteroatoms. The molecule has 0 bridgehead atoms. The molecule has 0 aliphatic heterocycles. The number of ether oxygens (including phenoxy) is 2. The summed E-state index contributed by atoms with van der Waals surface area (Å²) in [5, 5.41) is 10.9. The topological polar surface area (TPSA) is 76.6 Å². The molecule has 0 fully saturated rings. The Balaban J connectivity index is 1.52. The minimum Gasteiger partial charge on any atom is -0.493 e. The molecule has 0 saturated heterocycles. The van der Waals surface area contributed by atoms with Gasteiger partial charge in [-0.25, -0.2) is 0 Å². The fourth-order valence-corrected chi connectivity index (χ4v) is 2.59. The maximum atomic E-state index is 12.1. The second kappa shape index (κ2) is 9.36. The van der Waals surface area contributed by atoms with E-state index in [1.807, 2.05) is 48.3 Å². The van der Waals surface area contributed by atoms with Crippen LogP contribution in [0.2, 0.25) is 0 Å². The Morgan fingerprint density at radius 2 is 1.68 bits per heavy atom. The Morgan fingerprint density at radius 1 is 0.964 bits per heavy atom. The molecule has 1 amide bonds. The van der Waals surface area contributed by atoms with E-state index in [0.717, 1.165) is 0 Å². The van der Waals surface area contributed by atoms with Crippen LogP contribution in [0.3, 0.4) is 0 Å². The van der Waals surface area contributed by atoms with E-state index in [1.54, 1.807) is 25.3 Å². The van der Waals surface area contributed by atoms with Gasteiger partial charge in [-0.15, -0.1) is 10.2 Å². The van der Waals surface area contributed by atoms with E-state index in [0.29, 0.717) is 29.7 Å². The van der Waals surface area contributed by atoms with Crippen LogP contribution in [0, 0.1) is 0 Å². The van der Waals surface area contributed by atoms with Gasteiger partial charge in [0.1, 0.15) is 0 Å². The van der Waals surface area contributed by atoms with Gasteiger partial charge in [-0.2, -0.15) is 0 Å². The predicted octanol–water partition coefficient (Wildman–Crippen LogP) is 3.14. The van der Waals surface area contributed by atoms with Crippen LogP contribution < -0.4 is 19.7 Å². The molecule has 3 aromatic rings. The van der Waals surface area contributed by atoms with Crippen molar-refractivity contribution in [3.8, 4) is 11.5 Å². The van der Waals surface area contributed by atoms with Crippen LogP contribution in [0.4, 0.5) is 11.6 Å². The smallest absolute Gasteiger partial charge is 0.263 e. The summed E-state index contributed by atoms with van der Waals surface area (Å²) in [4.78, 5) is 14.1. The van der Waals surface area contributed by atoms with Crippen molar-refractivity contribution < 1.29 is 14.3 Å². The van der Waals surface area contributed by atoms with E-state index in [-0.39, 0.29) is 12.5 Å². The highest BCUT2D eigenvalue weighted by atomic mass is 16.5. The molecular formula is C21H22N4O3. The average molecular weight is 378 g/mol. The second-order valence-corrected chi connectivity index (χ2v) is 6.11. The predicted molar refractivity (Wildman–Crippen MR) is 108 cm³/mol.